The minimum Gasteiger partial charge on any atom is -0.310 e. The highest BCUT2D eigenvalue weighted by Gasteiger charge is 2.27. The topological polar surface area (TPSA) is 12.0 Å². The zero-order valence-electron chi connectivity index (χ0n) is 12.3. The van der Waals surface area contributed by atoms with Gasteiger partial charge < -0.3 is 5.32 Å². The molecule has 2 rings (SSSR count). The van der Waals surface area contributed by atoms with Crippen LogP contribution in [0.25, 0.3) is 0 Å². The minimum atomic E-state index is -4.05. The standard InChI is InChI=1S/C17H24F3N/c18-17(19,20)12-7-13-21-16(14-8-3-1-4-9-14)15-10-5-2-6-11-15/h1,3-4,8-9,15-16,21H,2,5-7,10-13H2. The van der Waals surface area contributed by atoms with Crippen molar-refractivity contribution >= 4 is 0 Å². The fourth-order valence-electron chi connectivity index (χ4n) is 3.23. The molecule has 0 bridgehead atoms. The molecule has 118 valence electrons. The Kier molecular flexibility index (Phi) is 6.09. The van der Waals surface area contributed by atoms with Crippen LogP contribution >= 0.6 is 0 Å². The highest BCUT2D eigenvalue weighted by atomic mass is 19.4. The molecule has 0 saturated heterocycles. The molecule has 1 aromatic carbocycles. The first-order chi connectivity index (χ1) is 10.1. The Bertz CT molecular complexity index is 396. The molecule has 0 aromatic heterocycles. The van der Waals surface area contributed by atoms with Crippen molar-refractivity contribution in [2.45, 2.75) is 57.2 Å². The smallest absolute Gasteiger partial charge is 0.310 e. The second-order valence-electron chi connectivity index (χ2n) is 5.96. The average Bonchev–Trinajstić information content (AvgIpc) is 2.48. The molecule has 21 heavy (non-hydrogen) atoms. The molecule has 1 aliphatic carbocycles. The lowest BCUT2D eigenvalue weighted by atomic mass is 9.81. The molecule has 0 heterocycles. The van der Waals surface area contributed by atoms with Crippen molar-refractivity contribution in [1.82, 2.24) is 5.32 Å². The Morgan fingerprint density at radius 2 is 1.71 bits per heavy atom. The number of alkyl halides is 3. The molecule has 0 spiro atoms. The number of rotatable bonds is 6. The van der Waals surface area contributed by atoms with Crippen molar-refractivity contribution in [2.24, 2.45) is 5.92 Å². The number of nitrogens with one attached hydrogen (secondary N) is 1. The van der Waals surface area contributed by atoms with Crippen molar-refractivity contribution in [3.05, 3.63) is 35.9 Å². The maximum atomic E-state index is 12.2. The van der Waals surface area contributed by atoms with E-state index < -0.39 is 12.6 Å². The first-order valence-electron chi connectivity index (χ1n) is 7.91. The molecule has 0 aliphatic heterocycles. The number of hydrogen-bond donors (Lipinski definition) is 1. The van der Waals surface area contributed by atoms with Gasteiger partial charge in [-0.05, 0) is 37.3 Å². The van der Waals surface area contributed by atoms with E-state index in [4.69, 9.17) is 0 Å². The lowest BCUT2D eigenvalue weighted by Gasteiger charge is -2.31. The van der Waals surface area contributed by atoms with Gasteiger partial charge >= 0.3 is 6.18 Å². The van der Waals surface area contributed by atoms with Crippen molar-refractivity contribution in [3.63, 3.8) is 0 Å². The molecular weight excluding hydrogens is 275 g/mol. The molecule has 0 amide bonds. The summed E-state index contributed by atoms with van der Waals surface area (Å²) in [6.07, 6.45) is 1.50. The van der Waals surface area contributed by atoms with E-state index in [0.29, 0.717) is 12.5 Å². The van der Waals surface area contributed by atoms with Gasteiger partial charge in [-0.2, -0.15) is 13.2 Å². The summed E-state index contributed by atoms with van der Waals surface area (Å²) in [6, 6.07) is 10.3. The fourth-order valence-corrected chi connectivity index (χ4v) is 3.23. The third-order valence-electron chi connectivity index (χ3n) is 4.28. The van der Waals surface area contributed by atoms with Gasteiger partial charge in [-0.1, -0.05) is 49.6 Å². The second kappa shape index (κ2) is 7.83. The van der Waals surface area contributed by atoms with Crippen molar-refractivity contribution in [3.8, 4) is 0 Å². The molecule has 4 heteroatoms. The molecule has 1 unspecified atom stereocenters. The van der Waals surface area contributed by atoms with Crippen LogP contribution in [0.4, 0.5) is 13.2 Å². The predicted molar refractivity (Wildman–Crippen MR) is 79.0 cm³/mol. The van der Waals surface area contributed by atoms with Crippen LogP contribution in [0.3, 0.4) is 0 Å². The molecule has 1 atom stereocenters. The van der Waals surface area contributed by atoms with Crippen molar-refractivity contribution in [2.75, 3.05) is 6.54 Å². The van der Waals surface area contributed by atoms with Crippen LogP contribution in [0.1, 0.15) is 56.6 Å². The van der Waals surface area contributed by atoms with Gasteiger partial charge in [0.05, 0.1) is 0 Å². The van der Waals surface area contributed by atoms with Crippen LogP contribution in [0, 0.1) is 5.92 Å². The lowest BCUT2D eigenvalue weighted by Crippen LogP contribution is -2.31. The SMILES string of the molecule is FC(F)(F)CCCNC(c1ccccc1)C1CCCCC1. The molecule has 1 nitrogen and oxygen atoms in total. The summed E-state index contributed by atoms with van der Waals surface area (Å²) in [5.74, 6) is 0.548. The number of benzene rings is 1. The van der Waals surface area contributed by atoms with Crippen LogP contribution < -0.4 is 5.32 Å². The largest absolute Gasteiger partial charge is 0.389 e. The van der Waals surface area contributed by atoms with Gasteiger partial charge in [0.15, 0.2) is 0 Å². The van der Waals surface area contributed by atoms with Gasteiger partial charge in [0.1, 0.15) is 0 Å². The van der Waals surface area contributed by atoms with Crippen LogP contribution in [-0.4, -0.2) is 12.7 Å². The van der Waals surface area contributed by atoms with E-state index in [1.165, 1.54) is 37.7 Å². The summed E-state index contributed by atoms with van der Waals surface area (Å²) in [6.45, 7) is 0.426. The van der Waals surface area contributed by atoms with E-state index >= 15 is 0 Å². The molecule has 1 saturated carbocycles. The van der Waals surface area contributed by atoms with E-state index in [9.17, 15) is 13.2 Å². The first-order valence-corrected chi connectivity index (χ1v) is 7.91. The predicted octanol–water partition coefficient (Wildman–Crippen LogP) is 5.24. The summed E-state index contributed by atoms with van der Waals surface area (Å²) < 4.78 is 36.7. The monoisotopic (exact) mass is 299 g/mol. The van der Waals surface area contributed by atoms with E-state index in [0.717, 1.165) is 0 Å². The lowest BCUT2D eigenvalue weighted by molar-refractivity contribution is -0.135. The summed E-state index contributed by atoms with van der Waals surface area (Å²) >= 11 is 0. The van der Waals surface area contributed by atoms with Gasteiger partial charge in [0.25, 0.3) is 0 Å². The molecular formula is C17H24F3N. The molecule has 1 N–H and O–H groups in total. The second-order valence-corrected chi connectivity index (χ2v) is 5.96. The van der Waals surface area contributed by atoms with Crippen LogP contribution in [0.5, 0.6) is 0 Å². The van der Waals surface area contributed by atoms with Crippen molar-refractivity contribution < 1.29 is 13.2 Å². The molecule has 1 aliphatic rings. The quantitative estimate of drug-likeness (QED) is 0.708. The molecule has 1 fully saturated rings. The fraction of sp³-hybridized carbons (Fsp3) is 0.647. The summed E-state index contributed by atoms with van der Waals surface area (Å²) in [5, 5.41) is 3.38. The highest BCUT2D eigenvalue weighted by Crippen LogP contribution is 2.34. The molecule has 0 radical (unpaired) electrons. The first kappa shape index (κ1) is 16.3. The highest BCUT2D eigenvalue weighted by molar-refractivity contribution is 5.19. The Labute approximate surface area is 124 Å². The maximum Gasteiger partial charge on any atom is 0.389 e. The van der Waals surface area contributed by atoms with Crippen LogP contribution in [0.15, 0.2) is 30.3 Å². The Morgan fingerprint density at radius 3 is 2.33 bits per heavy atom. The third kappa shape index (κ3) is 5.70. The van der Waals surface area contributed by atoms with Gasteiger partial charge in [-0.15, -0.1) is 0 Å². The van der Waals surface area contributed by atoms with Gasteiger partial charge in [0.2, 0.25) is 0 Å². The van der Waals surface area contributed by atoms with E-state index in [-0.39, 0.29) is 12.5 Å². The zero-order chi connectivity index (χ0) is 15.1. The summed E-state index contributed by atoms with van der Waals surface area (Å²) in [4.78, 5) is 0. The van der Waals surface area contributed by atoms with E-state index in [2.05, 4.69) is 17.4 Å². The maximum absolute atomic E-state index is 12.2. The summed E-state index contributed by atoms with van der Waals surface area (Å²) in [5.41, 5.74) is 1.21. The Hall–Kier alpha value is -1.03. The van der Waals surface area contributed by atoms with Gasteiger partial charge in [-0.3, -0.25) is 0 Å². The van der Waals surface area contributed by atoms with E-state index in [1.54, 1.807) is 0 Å². The minimum absolute atomic E-state index is 0.152. The van der Waals surface area contributed by atoms with Crippen molar-refractivity contribution in [1.29, 1.82) is 0 Å². The van der Waals surface area contributed by atoms with Gasteiger partial charge in [0, 0.05) is 12.5 Å². The zero-order valence-corrected chi connectivity index (χ0v) is 12.3. The van der Waals surface area contributed by atoms with Crippen LogP contribution in [-0.2, 0) is 0 Å². The molecule has 1 aromatic rings. The Morgan fingerprint density at radius 1 is 1.05 bits per heavy atom. The van der Waals surface area contributed by atoms with Crippen LogP contribution in [0.2, 0.25) is 0 Å². The van der Waals surface area contributed by atoms with Gasteiger partial charge in [-0.25, -0.2) is 0 Å². The Balaban J connectivity index is 1.92. The number of halogens is 3. The average molecular weight is 299 g/mol. The third-order valence-corrected chi connectivity index (χ3v) is 4.28. The normalized spacial score (nSPS) is 18.6. The van der Waals surface area contributed by atoms with E-state index in [1.807, 2.05) is 18.2 Å². The number of hydrogen-bond acceptors (Lipinski definition) is 1. The summed E-state index contributed by atoms with van der Waals surface area (Å²) in [7, 11) is 0.